The zero-order valence-corrected chi connectivity index (χ0v) is 12.3. The maximum absolute atomic E-state index is 12.1. The maximum Gasteiger partial charge on any atom is 0.242 e. The Morgan fingerprint density at radius 1 is 1.58 bits per heavy atom. The lowest BCUT2D eigenvalue weighted by Gasteiger charge is -2.31. The summed E-state index contributed by atoms with van der Waals surface area (Å²) in [5.74, 6) is -0.0672. The minimum absolute atomic E-state index is 0. The van der Waals surface area contributed by atoms with Crippen molar-refractivity contribution in [3.05, 3.63) is 34.3 Å². The lowest BCUT2D eigenvalue weighted by atomic mass is 9.99. The molecule has 0 aromatic heterocycles. The van der Waals surface area contributed by atoms with Crippen LogP contribution in [0.2, 0.25) is 5.02 Å². The molecule has 0 spiro atoms. The van der Waals surface area contributed by atoms with Gasteiger partial charge in [0, 0.05) is 25.2 Å². The molecule has 2 rings (SSSR count). The van der Waals surface area contributed by atoms with Gasteiger partial charge in [0.15, 0.2) is 0 Å². The molecule has 2 N–H and O–H groups in total. The van der Waals surface area contributed by atoms with E-state index >= 15 is 0 Å². The number of benzene rings is 1. The van der Waals surface area contributed by atoms with E-state index in [9.17, 15) is 4.79 Å². The molecule has 1 unspecified atom stereocenters. The van der Waals surface area contributed by atoms with Crippen LogP contribution in [-0.2, 0) is 22.5 Å². The van der Waals surface area contributed by atoms with Gasteiger partial charge >= 0.3 is 0 Å². The minimum atomic E-state index is -0.587. The number of hydrogen-bond donors (Lipinski definition) is 1. The lowest BCUT2D eigenvalue weighted by Crippen LogP contribution is -2.47. The van der Waals surface area contributed by atoms with Crippen LogP contribution in [0.3, 0.4) is 0 Å². The van der Waals surface area contributed by atoms with Crippen molar-refractivity contribution in [1.82, 2.24) is 4.90 Å². The number of rotatable bonds is 3. The number of fused-ring (bicyclic) bond motifs is 1. The highest BCUT2D eigenvalue weighted by atomic mass is 35.5. The number of methoxy groups -OCH3 is 1. The van der Waals surface area contributed by atoms with Crippen molar-refractivity contribution in [1.29, 1.82) is 0 Å². The summed E-state index contributed by atoms with van der Waals surface area (Å²) >= 11 is 6.13. The van der Waals surface area contributed by atoms with Crippen LogP contribution in [0.25, 0.3) is 0 Å². The molecule has 106 valence electrons. The van der Waals surface area contributed by atoms with Crippen LogP contribution in [-0.4, -0.2) is 37.1 Å². The molecule has 0 aliphatic carbocycles. The van der Waals surface area contributed by atoms with Crippen molar-refractivity contribution in [3.8, 4) is 0 Å². The summed E-state index contributed by atoms with van der Waals surface area (Å²) in [6.07, 6.45) is 0.778. The van der Waals surface area contributed by atoms with Gasteiger partial charge in [0.2, 0.25) is 5.91 Å². The van der Waals surface area contributed by atoms with E-state index in [1.165, 1.54) is 0 Å². The highest BCUT2D eigenvalue weighted by molar-refractivity contribution is 6.31. The first-order valence-corrected chi connectivity index (χ1v) is 6.31. The molecule has 0 radical (unpaired) electrons. The summed E-state index contributed by atoms with van der Waals surface area (Å²) in [4.78, 5) is 13.8. The van der Waals surface area contributed by atoms with Gasteiger partial charge in [-0.3, -0.25) is 4.79 Å². The Bertz CT molecular complexity index is 454. The van der Waals surface area contributed by atoms with Crippen LogP contribution >= 0.6 is 24.0 Å². The number of carbonyl (C=O) groups excluding carboxylic acids is 1. The molecule has 1 atom stereocenters. The zero-order valence-electron chi connectivity index (χ0n) is 10.8. The number of ether oxygens (including phenoxy) is 1. The van der Waals surface area contributed by atoms with Crippen molar-refractivity contribution in [2.45, 2.75) is 19.0 Å². The molecule has 1 aromatic rings. The van der Waals surface area contributed by atoms with Gasteiger partial charge in [0.1, 0.15) is 6.04 Å². The fourth-order valence-electron chi connectivity index (χ4n) is 2.24. The molecule has 1 heterocycles. The summed E-state index contributed by atoms with van der Waals surface area (Å²) in [6, 6.07) is 5.21. The normalized spacial score (nSPS) is 15.4. The van der Waals surface area contributed by atoms with Gasteiger partial charge in [-0.05, 0) is 23.6 Å². The van der Waals surface area contributed by atoms with Crippen LogP contribution < -0.4 is 5.73 Å². The number of halogens is 2. The van der Waals surface area contributed by atoms with Crippen molar-refractivity contribution < 1.29 is 9.53 Å². The van der Waals surface area contributed by atoms with Crippen molar-refractivity contribution in [3.63, 3.8) is 0 Å². The molecule has 6 heteroatoms. The Kier molecular flexibility index (Phi) is 6.07. The quantitative estimate of drug-likeness (QED) is 0.923. The second kappa shape index (κ2) is 7.10. The molecule has 19 heavy (non-hydrogen) atoms. The van der Waals surface area contributed by atoms with E-state index in [2.05, 4.69) is 0 Å². The molecule has 4 nitrogen and oxygen atoms in total. The number of carbonyl (C=O) groups is 1. The molecule has 1 aromatic carbocycles. The highest BCUT2D eigenvalue weighted by Crippen LogP contribution is 2.26. The summed E-state index contributed by atoms with van der Waals surface area (Å²) in [5, 5.41) is 0.779. The van der Waals surface area contributed by atoms with E-state index in [1.54, 1.807) is 12.0 Å². The molecule has 1 aliphatic heterocycles. The summed E-state index contributed by atoms with van der Waals surface area (Å²) in [6.45, 7) is 1.48. The maximum atomic E-state index is 12.1. The molecule has 0 saturated heterocycles. The van der Waals surface area contributed by atoms with Crippen LogP contribution in [0, 0.1) is 0 Å². The van der Waals surface area contributed by atoms with E-state index in [0.29, 0.717) is 13.1 Å². The average Bonchev–Trinajstić information content (AvgIpc) is 2.38. The smallest absolute Gasteiger partial charge is 0.242 e. The SMILES string of the molecule is COCC(N)C(=O)N1CCc2c(Cl)cccc2C1.Cl. The fraction of sp³-hybridized carbons (Fsp3) is 0.462. The molecular weight excluding hydrogens is 287 g/mol. The van der Waals surface area contributed by atoms with Crippen molar-refractivity contribution in [2.24, 2.45) is 5.73 Å². The standard InChI is InChI=1S/C13H17ClN2O2.ClH/c1-18-8-12(15)13(17)16-6-5-10-9(7-16)3-2-4-11(10)14;/h2-4,12H,5-8,15H2,1H3;1H. The summed E-state index contributed by atoms with van der Waals surface area (Å²) < 4.78 is 4.91. The zero-order chi connectivity index (χ0) is 13.1. The van der Waals surface area contributed by atoms with Gasteiger partial charge in [-0.2, -0.15) is 0 Å². The average molecular weight is 305 g/mol. The third-order valence-corrected chi connectivity index (χ3v) is 3.54. The monoisotopic (exact) mass is 304 g/mol. The predicted molar refractivity (Wildman–Crippen MR) is 77.7 cm³/mol. The van der Waals surface area contributed by atoms with Gasteiger partial charge in [-0.15, -0.1) is 12.4 Å². The number of amides is 1. The van der Waals surface area contributed by atoms with E-state index in [-0.39, 0.29) is 24.9 Å². The second-order valence-electron chi connectivity index (χ2n) is 4.45. The third-order valence-electron chi connectivity index (χ3n) is 3.18. The Hall–Kier alpha value is -0.810. The summed E-state index contributed by atoms with van der Waals surface area (Å²) in [5.41, 5.74) is 8.01. The van der Waals surface area contributed by atoms with Gasteiger partial charge in [-0.25, -0.2) is 0 Å². The second-order valence-corrected chi connectivity index (χ2v) is 4.86. The van der Waals surface area contributed by atoms with Crippen LogP contribution in [0.1, 0.15) is 11.1 Å². The van der Waals surface area contributed by atoms with Gasteiger partial charge < -0.3 is 15.4 Å². The Morgan fingerprint density at radius 3 is 3.00 bits per heavy atom. The first-order chi connectivity index (χ1) is 8.63. The lowest BCUT2D eigenvalue weighted by molar-refractivity contribution is -0.134. The Labute approximate surface area is 124 Å². The molecule has 0 fully saturated rings. The fourth-order valence-corrected chi connectivity index (χ4v) is 2.52. The van der Waals surface area contributed by atoms with E-state index in [1.807, 2.05) is 18.2 Å². The van der Waals surface area contributed by atoms with Crippen LogP contribution in [0.5, 0.6) is 0 Å². The molecule has 0 saturated carbocycles. The van der Waals surface area contributed by atoms with E-state index < -0.39 is 6.04 Å². The number of nitrogens with two attached hydrogens (primary N) is 1. The largest absolute Gasteiger partial charge is 0.383 e. The van der Waals surface area contributed by atoms with Gasteiger partial charge in [0.25, 0.3) is 0 Å². The first-order valence-electron chi connectivity index (χ1n) is 5.93. The van der Waals surface area contributed by atoms with Gasteiger partial charge in [0.05, 0.1) is 6.61 Å². The number of hydrogen-bond acceptors (Lipinski definition) is 3. The van der Waals surface area contributed by atoms with Crippen molar-refractivity contribution in [2.75, 3.05) is 20.3 Å². The Balaban J connectivity index is 0.00000180. The highest BCUT2D eigenvalue weighted by Gasteiger charge is 2.25. The van der Waals surface area contributed by atoms with E-state index in [0.717, 1.165) is 22.6 Å². The number of nitrogens with zero attached hydrogens (tertiary/aromatic N) is 1. The molecule has 0 bridgehead atoms. The van der Waals surface area contributed by atoms with Gasteiger partial charge in [-0.1, -0.05) is 23.7 Å². The predicted octanol–water partition coefficient (Wildman–Crippen LogP) is 1.62. The van der Waals surface area contributed by atoms with Crippen LogP contribution in [0.4, 0.5) is 0 Å². The minimum Gasteiger partial charge on any atom is -0.383 e. The van der Waals surface area contributed by atoms with Crippen LogP contribution in [0.15, 0.2) is 18.2 Å². The van der Waals surface area contributed by atoms with E-state index in [4.69, 9.17) is 22.1 Å². The Morgan fingerprint density at radius 2 is 2.32 bits per heavy atom. The topological polar surface area (TPSA) is 55.6 Å². The third kappa shape index (κ3) is 3.60. The molecule has 1 amide bonds. The first kappa shape index (κ1) is 16.2. The summed E-state index contributed by atoms with van der Waals surface area (Å²) in [7, 11) is 1.54. The molecule has 1 aliphatic rings. The molecular formula is C13H18Cl2N2O2. The van der Waals surface area contributed by atoms with Crippen molar-refractivity contribution >= 4 is 29.9 Å².